The van der Waals surface area contributed by atoms with Crippen LogP contribution in [0.25, 0.3) is 0 Å². The number of hydrogen-bond donors (Lipinski definition) is 4. The molecule has 0 bridgehead atoms. The van der Waals surface area contributed by atoms with E-state index in [1.54, 1.807) is 0 Å². The maximum Gasteiger partial charge on any atom is 0.266 e. The largest absolute Gasteiger partial charge is 0.393 e. The maximum atomic E-state index is 12.2. The summed E-state index contributed by atoms with van der Waals surface area (Å²) in [5.41, 5.74) is 0.552. The molecule has 9 atom stereocenters. The van der Waals surface area contributed by atoms with Gasteiger partial charge in [0.25, 0.3) is 10.1 Å². The van der Waals surface area contributed by atoms with Crippen molar-refractivity contribution in [2.45, 2.75) is 95.8 Å². The molecule has 4 fully saturated rings. The van der Waals surface area contributed by atoms with Crippen LogP contribution in [0.4, 0.5) is 0 Å². The van der Waals surface area contributed by atoms with E-state index in [4.69, 9.17) is 17.2 Å². The van der Waals surface area contributed by atoms with Gasteiger partial charge in [-0.15, -0.1) is 0 Å². The molecule has 4 aliphatic rings. The van der Waals surface area contributed by atoms with Crippen LogP contribution >= 0.6 is 12.6 Å². The topological polar surface area (TPSA) is 104 Å². The van der Waals surface area contributed by atoms with Gasteiger partial charge in [-0.2, -0.15) is 21.0 Å². The first-order chi connectivity index (χ1) is 15.5. The quantitative estimate of drug-likeness (QED) is 0.311. The fraction of sp³-hybridized carbons (Fsp3) is 0.960. The summed E-state index contributed by atoms with van der Waals surface area (Å²) in [5.74, 6) is 2.03. The number of nitrogens with one attached hydrogen (secondary N) is 1. The third kappa shape index (κ3) is 5.01. The Morgan fingerprint density at radius 2 is 1.82 bits per heavy atom. The molecule has 1 amide bonds. The van der Waals surface area contributed by atoms with Crippen LogP contribution in [-0.2, 0) is 14.9 Å². The van der Waals surface area contributed by atoms with E-state index in [1.165, 1.54) is 38.5 Å². The summed E-state index contributed by atoms with van der Waals surface area (Å²) in [6, 6.07) is 0. The molecule has 0 aromatic carbocycles. The minimum atomic E-state index is -4.06. The van der Waals surface area contributed by atoms with Crippen LogP contribution in [0.3, 0.4) is 0 Å². The molecule has 6 unspecified atom stereocenters. The third-order valence-corrected chi connectivity index (χ3v) is 11.8. The molecule has 0 saturated heterocycles. The predicted octanol–water partition coefficient (Wildman–Crippen LogP) is 4.09. The van der Waals surface area contributed by atoms with E-state index < -0.39 is 15.9 Å². The van der Waals surface area contributed by atoms with E-state index in [-0.39, 0.29) is 29.2 Å². The van der Waals surface area contributed by atoms with Crippen LogP contribution in [0.5, 0.6) is 0 Å². The van der Waals surface area contributed by atoms with Gasteiger partial charge in [-0.25, -0.2) is 0 Å². The zero-order valence-electron chi connectivity index (χ0n) is 20.2. The molecule has 0 radical (unpaired) electrons. The summed E-state index contributed by atoms with van der Waals surface area (Å²) in [4.78, 5) is 12.2. The highest BCUT2D eigenvalue weighted by atomic mass is 32.2. The molecule has 190 valence electrons. The normalized spacial score (nSPS) is 43.8. The second-order valence-electron chi connectivity index (χ2n) is 12.0. The van der Waals surface area contributed by atoms with Crippen molar-refractivity contribution in [1.82, 2.24) is 5.32 Å². The first kappa shape index (κ1) is 25.8. The van der Waals surface area contributed by atoms with E-state index in [9.17, 15) is 18.3 Å². The van der Waals surface area contributed by atoms with Crippen molar-refractivity contribution >= 4 is 28.7 Å². The fourth-order valence-corrected chi connectivity index (χ4v) is 9.79. The average Bonchev–Trinajstić information content (AvgIpc) is 3.08. The number of fused-ring (bicyclic) bond motifs is 5. The van der Waals surface area contributed by atoms with Gasteiger partial charge in [0.1, 0.15) is 0 Å². The van der Waals surface area contributed by atoms with Gasteiger partial charge in [0.05, 0.1) is 11.9 Å². The zero-order chi connectivity index (χ0) is 24.0. The van der Waals surface area contributed by atoms with Crippen LogP contribution in [0, 0.1) is 40.4 Å². The van der Waals surface area contributed by atoms with Gasteiger partial charge in [0.2, 0.25) is 5.91 Å². The Kier molecular flexibility index (Phi) is 7.52. The number of hydrogen-bond acceptors (Lipinski definition) is 5. The monoisotopic (exact) mass is 501 g/mol. The predicted molar refractivity (Wildman–Crippen MR) is 133 cm³/mol. The SMILES string of the molecule is CC12CCCCC1CC(O)C1[C@@H]2CCC2(C)C([C@H](S)CCC(=O)NCCS(=O)(=O)O)CC[C@@H]12. The minimum absolute atomic E-state index is 0.0706. The molecule has 8 heteroatoms. The molecule has 4 saturated carbocycles. The van der Waals surface area contributed by atoms with E-state index in [0.29, 0.717) is 47.8 Å². The summed E-state index contributed by atoms with van der Waals surface area (Å²) in [7, 11) is -4.06. The second kappa shape index (κ2) is 9.62. The highest BCUT2D eigenvalue weighted by Crippen LogP contribution is 2.68. The Morgan fingerprint density at radius 3 is 2.55 bits per heavy atom. The summed E-state index contributed by atoms with van der Waals surface area (Å²) >= 11 is 4.96. The molecule has 3 N–H and O–H groups in total. The number of carbonyl (C=O) groups excluding carboxylic acids is 1. The van der Waals surface area contributed by atoms with Gasteiger partial charge in [-0.05, 0) is 91.8 Å². The number of aliphatic hydroxyl groups excluding tert-OH is 1. The average molecular weight is 502 g/mol. The number of rotatable bonds is 7. The van der Waals surface area contributed by atoms with Crippen molar-refractivity contribution in [2.75, 3.05) is 12.3 Å². The Balaban J connectivity index is 1.38. The van der Waals surface area contributed by atoms with Gasteiger partial charge >= 0.3 is 0 Å². The lowest BCUT2D eigenvalue weighted by Gasteiger charge is -2.62. The number of carbonyl (C=O) groups is 1. The standard InChI is InChI=1S/C25H43NO5S2/c1-24-11-4-3-5-16(24)15-20(27)23-18-7-6-17(25(18,2)12-10-19(23)24)21(32)8-9-22(28)26-13-14-33(29,30)31/h16-21,23,27,32H,3-15H2,1-2H3,(H,26,28)(H,29,30,31)/t16?,17?,18-,19-,20?,21+,23?,24?,25?/m0/s1. The minimum Gasteiger partial charge on any atom is -0.393 e. The van der Waals surface area contributed by atoms with Crippen molar-refractivity contribution in [2.24, 2.45) is 40.4 Å². The fourth-order valence-electron chi connectivity index (χ4n) is 8.82. The van der Waals surface area contributed by atoms with E-state index in [0.717, 1.165) is 19.3 Å². The number of thiol groups is 1. The molecule has 0 spiro atoms. The molecular weight excluding hydrogens is 458 g/mol. The summed E-state index contributed by atoms with van der Waals surface area (Å²) in [6.07, 6.45) is 11.7. The third-order valence-electron chi connectivity index (χ3n) is 10.5. The smallest absolute Gasteiger partial charge is 0.266 e. The van der Waals surface area contributed by atoms with Gasteiger partial charge in [0.15, 0.2) is 0 Å². The van der Waals surface area contributed by atoms with Gasteiger partial charge < -0.3 is 10.4 Å². The molecule has 0 aliphatic heterocycles. The van der Waals surface area contributed by atoms with Crippen LogP contribution < -0.4 is 5.32 Å². The highest BCUT2D eigenvalue weighted by Gasteiger charge is 2.62. The molecule has 0 aromatic heterocycles. The van der Waals surface area contributed by atoms with Crippen molar-refractivity contribution in [3.05, 3.63) is 0 Å². The van der Waals surface area contributed by atoms with Gasteiger partial charge in [-0.1, -0.05) is 26.7 Å². The summed E-state index contributed by atoms with van der Waals surface area (Å²) in [5, 5.41) is 14.0. The van der Waals surface area contributed by atoms with Gasteiger partial charge in [-0.3, -0.25) is 9.35 Å². The first-order valence-corrected chi connectivity index (χ1v) is 15.2. The molecule has 4 rings (SSSR count). The first-order valence-electron chi connectivity index (χ1n) is 13.0. The van der Waals surface area contributed by atoms with Crippen LogP contribution in [0.2, 0.25) is 0 Å². The van der Waals surface area contributed by atoms with Gasteiger partial charge in [0, 0.05) is 18.2 Å². The van der Waals surface area contributed by atoms with E-state index >= 15 is 0 Å². The zero-order valence-corrected chi connectivity index (χ0v) is 21.9. The highest BCUT2D eigenvalue weighted by molar-refractivity contribution is 7.85. The Hall–Kier alpha value is -0.310. The lowest BCUT2D eigenvalue weighted by Crippen LogP contribution is -2.57. The summed E-state index contributed by atoms with van der Waals surface area (Å²) < 4.78 is 30.4. The van der Waals surface area contributed by atoms with Crippen molar-refractivity contribution < 1.29 is 22.9 Å². The molecule has 6 nitrogen and oxygen atoms in total. The Morgan fingerprint density at radius 1 is 1.09 bits per heavy atom. The second-order valence-corrected chi connectivity index (χ2v) is 14.2. The van der Waals surface area contributed by atoms with E-state index in [1.807, 2.05) is 0 Å². The number of amides is 1. The molecule has 33 heavy (non-hydrogen) atoms. The molecule has 0 aromatic rings. The lowest BCUT2D eigenvalue weighted by atomic mass is 9.44. The molecular formula is C25H43NO5S2. The summed E-state index contributed by atoms with van der Waals surface area (Å²) in [6.45, 7) is 4.87. The van der Waals surface area contributed by atoms with Crippen molar-refractivity contribution in [3.8, 4) is 0 Å². The Labute approximate surface area is 205 Å². The van der Waals surface area contributed by atoms with Crippen molar-refractivity contribution in [3.63, 3.8) is 0 Å². The van der Waals surface area contributed by atoms with Crippen molar-refractivity contribution in [1.29, 1.82) is 0 Å². The molecule has 0 heterocycles. The van der Waals surface area contributed by atoms with Crippen LogP contribution in [0.1, 0.15) is 84.5 Å². The maximum absolute atomic E-state index is 12.2. The van der Waals surface area contributed by atoms with E-state index in [2.05, 4.69) is 19.2 Å². The lowest BCUT2D eigenvalue weighted by molar-refractivity contribution is -0.162. The number of aliphatic hydroxyl groups is 1. The Bertz CT molecular complexity index is 835. The van der Waals surface area contributed by atoms with Crippen LogP contribution in [-0.4, -0.2) is 47.6 Å². The molecule has 4 aliphatic carbocycles. The van der Waals surface area contributed by atoms with Crippen LogP contribution in [0.15, 0.2) is 0 Å².